The smallest absolute Gasteiger partial charge is 0.407 e. The van der Waals surface area contributed by atoms with Gasteiger partial charge in [0.05, 0.1) is 6.54 Å². The molecule has 0 unspecified atom stereocenters. The maximum atomic E-state index is 10.8. The van der Waals surface area contributed by atoms with Gasteiger partial charge in [-0.05, 0) is 25.7 Å². The number of halogens is 2. The van der Waals surface area contributed by atoms with Crippen LogP contribution in [0.4, 0.5) is 4.79 Å². The van der Waals surface area contributed by atoms with Crippen molar-refractivity contribution in [2.24, 2.45) is 0 Å². The monoisotopic (exact) mass is 227 g/mol. The lowest BCUT2D eigenvalue weighted by atomic mass is 9.85. The molecule has 0 radical (unpaired) electrons. The Kier molecular flexibility index (Phi) is 4.86. The number of carbonyl (C=O) groups excluding carboxylic acids is 1. The van der Waals surface area contributed by atoms with Gasteiger partial charge in [-0.25, -0.2) is 4.79 Å². The predicted octanol–water partition coefficient (Wildman–Crippen LogP) is 2.27. The number of hydrogen-bond acceptors (Lipinski definition) is 2. The zero-order valence-corrected chi connectivity index (χ0v) is 9.01. The molecule has 0 aromatic heterocycles. The van der Waals surface area contributed by atoms with Crippen LogP contribution in [0.15, 0.2) is 0 Å². The lowest BCUT2D eigenvalue weighted by molar-refractivity contribution is 0.0260. The van der Waals surface area contributed by atoms with Crippen LogP contribution >= 0.6 is 24.8 Å². The third-order valence-corrected chi connectivity index (χ3v) is 2.63. The van der Waals surface area contributed by atoms with Crippen LogP contribution in [-0.4, -0.2) is 18.2 Å². The third-order valence-electron chi connectivity index (χ3n) is 2.63. The molecule has 2 aliphatic rings. The van der Waals surface area contributed by atoms with Gasteiger partial charge >= 0.3 is 6.09 Å². The minimum Gasteiger partial charge on any atom is -0.441 e. The van der Waals surface area contributed by atoms with Crippen LogP contribution < -0.4 is 5.32 Å². The highest BCUT2D eigenvalue weighted by Gasteiger charge is 2.40. The number of carbonyl (C=O) groups is 1. The summed E-state index contributed by atoms with van der Waals surface area (Å²) in [6, 6.07) is 0. The van der Waals surface area contributed by atoms with Gasteiger partial charge in [0.1, 0.15) is 5.60 Å². The highest BCUT2D eigenvalue weighted by atomic mass is 35.5. The van der Waals surface area contributed by atoms with E-state index in [4.69, 9.17) is 4.74 Å². The van der Waals surface area contributed by atoms with E-state index >= 15 is 0 Å². The Morgan fingerprint density at radius 3 is 2.23 bits per heavy atom. The van der Waals surface area contributed by atoms with E-state index in [1.807, 2.05) is 0 Å². The molecule has 1 amide bonds. The molecule has 1 saturated heterocycles. The molecular weight excluding hydrogens is 213 g/mol. The normalized spacial score (nSPS) is 23.8. The molecule has 0 bridgehead atoms. The van der Waals surface area contributed by atoms with Gasteiger partial charge in [0.25, 0.3) is 0 Å². The topological polar surface area (TPSA) is 38.3 Å². The Labute approximate surface area is 90.4 Å². The molecular formula is C8H15Cl2NO2. The summed E-state index contributed by atoms with van der Waals surface area (Å²) in [6.45, 7) is 0.728. The summed E-state index contributed by atoms with van der Waals surface area (Å²) in [5.41, 5.74) is -0.116. The van der Waals surface area contributed by atoms with E-state index in [0.29, 0.717) is 0 Å². The molecule has 2 fully saturated rings. The number of amides is 1. The minimum atomic E-state index is -0.230. The Morgan fingerprint density at radius 2 is 1.77 bits per heavy atom. The zero-order valence-electron chi connectivity index (χ0n) is 7.38. The number of alkyl carbamates (subject to hydrolysis) is 1. The Hall–Kier alpha value is -0.150. The van der Waals surface area contributed by atoms with Gasteiger partial charge in [-0.2, -0.15) is 0 Å². The summed E-state index contributed by atoms with van der Waals surface area (Å²) < 4.78 is 5.24. The van der Waals surface area contributed by atoms with Crippen molar-refractivity contribution >= 4 is 30.9 Å². The van der Waals surface area contributed by atoms with Crippen molar-refractivity contribution in [3.8, 4) is 0 Å². The number of ether oxygens (including phenoxy) is 1. The number of nitrogens with one attached hydrogen (secondary N) is 1. The van der Waals surface area contributed by atoms with Crippen LogP contribution in [-0.2, 0) is 4.74 Å². The molecule has 13 heavy (non-hydrogen) atoms. The molecule has 1 spiro atoms. The first-order chi connectivity index (χ1) is 5.31. The molecule has 3 nitrogen and oxygen atoms in total. The molecule has 1 aliphatic heterocycles. The third kappa shape index (κ3) is 2.64. The van der Waals surface area contributed by atoms with Crippen LogP contribution in [0.1, 0.15) is 32.1 Å². The van der Waals surface area contributed by atoms with Gasteiger partial charge in [-0.15, -0.1) is 24.8 Å². The Morgan fingerprint density at radius 1 is 1.15 bits per heavy atom. The van der Waals surface area contributed by atoms with Gasteiger partial charge in [0, 0.05) is 0 Å². The molecule has 0 aromatic carbocycles. The highest BCUT2D eigenvalue weighted by molar-refractivity contribution is 5.85. The zero-order chi connectivity index (χ0) is 7.73. The lowest BCUT2D eigenvalue weighted by Gasteiger charge is -2.29. The van der Waals surface area contributed by atoms with E-state index in [2.05, 4.69) is 5.32 Å². The van der Waals surface area contributed by atoms with Crippen molar-refractivity contribution in [3.05, 3.63) is 0 Å². The van der Waals surface area contributed by atoms with Gasteiger partial charge in [0.15, 0.2) is 0 Å². The maximum absolute atomic E-state index is 10.8. The molecule has 1 N–H and O–H groups in total. The first-order valence-corrected chi connectivity index (χ1v) is 4.28. The summed E-state index contributed by atoms with van der Waals surface area (Å²) in [7, 11) is 0. The van der Waals surface area contributed by atoms with Crippen molar-refractivity contribution in [2.75, 3.05) is 6.54 Å². The standard InChI is InChI=1S/C8H13NO2.2ClH/c10-7-9-6-8(11-7)4-2-1-3-5-8;;/h1-6H2,(H,9,10);2*1H. The van der Waals surface area contributed by atoms with Gasteiger partial charge < -0.3 is 10.1 Å². The largest absolute Gasteiger partial charge is 0.441 e. The van der Waals surface area contributed by atoms with Crippen LogP contribution in [0.3, 0.4) is 0 Å². The molecule has 0 atom stereocenters. The summed E-state index contributed by atoms with van der Waals surface area (Å²) in [6.07, 6.45) is 5.56. The molecule has 1 aliphatic carbocycles. The first kappa shape index (κ1) is 12.8. The van der Waals surface area contributed by atoms with Crippen LogP contribution in [0.5, 0.6) is 0 Å². The van der Waals surface area contributed by atoms with Crippen molar-refractivity contribution in [1.82, 2.24) is 5.32 Å². The molecule has 2 rings (SSSR count). The van der Waals surface area contributed by atoms with E-state index in [0.717, 1.165) is 19.4 Å². The van der Waals surface area contributed by atoms with Crippen LogP contribution in [0.2, 0.25) is 0 Å². The fourth-order valence-electron chi connectivity index (χ4n) is 1.98. The average molecular weight is 228 g/mol. The van der Waals surface area contributed by atoms with E-state index in [1.165, 1.54) is 19.3 Å². The summed E-state index contributed by atoms with van der Waals surface area (Å²) in [5.74, 6) is 0. The van der Waals surface area contributed by atoms with Gasteiger partial charge in [-0.3, -0.25) is 0 Å². The Balaban J connectivity index is 0.000000720. The maximum Gasteiger partial charge on any atom is 0.407 e. The molecule has 5 heteroatoms. The first-order valence-electron chi connectivity index (χ1n) is 4.28. The van der Waals surface area contributed by atoms with E-state index in [1.54, 1.807) is 0 Å². The molecule has 1 saturated carbocycles. The Bertz CT molecular complexity index is 181. The average Bonchev–Trinajstić information content (AvgIpc) is 2.34. The summed E-state index contributed by atoms with van der Waals surface area (Å²) >= 11 is 0. The molecule has 0 aromatic rings. The van der Waals surface area contributed by atoms with Crippen molar-refractivity contribution in [1.29, 1.82) is 0 Å². The number of hydrogen-bond donors (Lipinski definition) is 1. The van der Waals surface area contributed by atoms with Gasteiger partial charge in [-0.1, -0.05) is 6.42 Å². The predicted molar refractivity (Wildman–Crippen MR) is 54.8 cm³/mol. The fourth-order valence-corrected chi connectivity index (χ4v) is 1.98. The lowest BCUT2D eigenvalue weighted by Crippen LogP contribution is -2.35. The van der Waals surface area contributed by atoms with Crippen molar-refractivity contribution in [3.63, 3.8) is 0 Å². The van der Waals surface area contributed by atoms with Gasteiger partial charge in [0.2, 0.25) is 0 Å². The second-order valence-corrected chi connectivity index (χ2v) is 3.49. The van der Waals surface area contributed by atoms with Crippen LogP contribution in [0.25, 0.3) is 0 Å². The highest BCUT2D eigenvalue weighted by Crippen LogP contribution is 2.33. The second kappa shape index (κ2) is 4.91. The molecule has 1 heterocycles. The quantitative estimate of drug-likeness (QED) is 0.690. The fraction of sp³-hybridized carbons (Fsp3) is 0.875. The van der Waals surface area contributed by atoms with E-state index in [-0.39, 0.29) is 36.5 Å². The minimum absolute atomic E-state index is 0. The summed E-state index contributed by atoms with van der Waals surface area (Å²) in [4.78, 5) is 10.8. The number of rotatable bonds is 0. The van der Waals surface area contributed by atoms with E-state index in [9.17, 15) is 4.79 Å². The van der Waals surface area contributed by atoms with Crippen LogP contribution in [0, 0.1) is 0 Å². The van der Waals surface area contributed by atoms with Crippen molar-refractivity contribution in [2.45, 2.75) is 37.7 Å². The van der Waals surface area contributed by atoms with E-state index < -0.39 is 0 Å². The SMILES string of the molecule is Cl.Cl.O=C1NCC2(CCCCC2)O1. The second-order valence-electron chi connectivity index (χ2n) is 3.49. The van der Waals surface area contributed by atoms with Crippen molar-refractivity contribution < 1.29 is 9.53 Å². The molecule has 78 valence electrons. The summed E-state index contributed by atoms with van der Waals surface area (Å²) in [5, 5.41) is 2.72.